The van der Waals surface area contributed by atoms with E-state index in [1.165, 1.54) is 36.8 Å². The molecule has 3 nitrogen and oxygen atoms in total. The average Bonchev–Trinajstić information content (AvgIpc) is 3.27. The van der Waals surface area contributed by atoms with Gasteiger partial charge in [-0.25, -0.2) is 0 Å². The summed E-state index contributed by atoms with van der Waals surface area (Å²) in [5, 5.41) is 9.17. The molecular formula is C19H26O3. The number of rotatable bonds is 5. The number of carboxylic acids is 1. The molecule has 2 fully saturated rings. The number of carboxylic acid groups (broad SMARTS) is 1. The SMILES string of the molecule is COc1ccc(C2(CC(=O)O)CC2)cc1C1CCC(C)CC1. The standard InChI is InChI=1S/C19H26O3/c1-13-3-5-14(6-4-13)16-11-15(7-8-17(16)22-2)19(9-10-19)12-18(20)21/h7-8,11,13-14H,3-6,9-10,12H2,1-2H3,(H,20,21). The molecule has 3 heteroatoms. The van der Waals surface area contributed by atoms with E-state index in [0.717, 1.165) is 24.5 Å². The fraction of sp³-hybridized carbons (Fsp3) is 0.632. The highest BCUT2D eigenvalue weighted by Crippen LogP contribution is 2.52. The topological polar surface area (TPSA) is 46.5 Å². The fourth-order valence-corrected chi connectivity index (χ4v) is 3.96. The van der Waals surface area contributed by atoms with Gasteiger partial charge in [-0.15, -0.1) is 0 Å². The molecule has 1 N–H and O–H groups in total. The van der Waals surface area contributed by atoms with Crippen LogP contribution in [-0.2, 0) is 10.2 Å². The van der Waals surface area contributed by atoms with Crippen LogP contribution in [-0.4, -0.2) is 18.2 Å². The Labute approximate surface area is 132 Å². The normalized spacial score (nSPS) is 26.5. The smallest absolute Gasteiger partial charge is 0.304 e. The highest BCUT2D eigenvalue weighted by atomic mass is 16.5. The van der Waals surface area contributed by atoms with Crippen LogP contribution < -0.4 is 4.74 Å². The lowest BCUT2D eigenvalue weighted by Crippen LogP contribution is -2.15. The molecule has 0 saturated heterocycles. The first-order chi connectivity index (χ1) is 10.5. The molecule has 0 radical (unpaired) electrons. The zero-order valence-corrected chi connectivity index (χ0v) is 13.6. The van der Waals surface area contributed by atoms with Gasteiger partial charge >= 0.3 is 5.97 Å². The minimum atomic E-state index is -0.693. The van der Waals surface area contributed by atoms with E-state index in [2.05, 4.69) is 19.1 Å². The summed E-state index contributed by atoms with van der Waals surface area (Å²) in [7, 11) is 1.73. The van der Waals surface area contributed by atoms with Crippen molar-refractivity contribution in [1.29, 1.82) is 0 Å². The first kappa shape index (κ1) is 15.4. The number of carbonyl (C=O) groups is 1. The van der Waals surface area contributed by atoms with Gasteiger partial charge in [-0.2, -0.15) is 0 Å². The van der Waals surface area contributed by atoms with Gasteiger partial charge in [-0.3, -0.25) is 4.79 Å². The minimum absolute atomic E-state index is 0.116. The second-order valence-corrected chi connectivity index (χ2v) is 7.26. The summed E-state index contributed by atoms with van der Waals surface area (Å²) >= 11 is 0. The molecule has 120 valence electrons. The summed E-state index contributed by atoms with van der Waals surface area (Å²) in [6.45, 7) is 2.33. The van der Waals surface area contributed by atoms with Crippen LogP contribution in [0.2, 0.25) is 0 Å². The molecule has 0 aromatic heterocycles. The highest BCUT2D eigenvalue weighted by molar-refractivity contribution is 5.70. The van der Waals surface area contributed by atoms with E-state index in [4.69, 9.17) is 4.74 Å². The van der Waals surface area contributed by atoms with Crippen LogP contribution in [0.5, 0.6) is 5.75 Å². The molecule has 2 aliphatic carbocycles. The lowest BCUT2D eigenvalue weighted by Gasteiger charge is -2.28. The number of methoxy groups -OCH3 is 1. The van der Waals surface area contributed by atoms with Gasteiger partial charge in [0.2, 0.25) is 0 Å². The van der Waals surface area contributed by atoms with Crippen LogP contribution >= 0.6 is 0 Å². The molecule has 0 heterocycles. The lowest BCUT2D eigenvalue weighted by molar-refractivity contribution is -0.137. The molecule has 0 unspecified atom stereocenters. The molecule has 0 bridgehead atoms. The zero-order chi connectivity index (χ0) is 15.7. The van der Waals surface area contributed by atoms with Crippen LogP contribution in [0.15, 0.2) is 18.2 Å². The fourth-order valence-electron chi connectivity index (χ4n) is 3.96. The third-order valence-corrected chi connectivity index (χ3v) is 5.64. The van der Waals surface area contributed by atoms with Crippen LogP contribution in [0.25, 0.3) is 0 Å². The van der Waals surface area contributed by atoms with E-state index in [0.29, 0.717) is 5.92 Å². The predicted octanol–water partition coefficient (Wildman–Crippen LogP) is 4.50. The molecule has 3 rings (SSSR count). The molecule has 0 atom stereocenters. The Balaban J connectivity index is 1.88. The van der Waals surface area contributed by atoms with Crippen LogP contribution in [0.1, 0.15) is 68.9 Å². The van der Waals surface area contributed by atoms with E-state index in [1.807, 2.05) is 6.07 Å². The van der Waals surface area contributed by atoms with Crippen molar-refractivity contribution < 1.29 is 14.6 Å². The Morgan fingerprint density at radius 3 is 2.50 bits per heavy atom. The first-order valence-corrected chi connectivity index (χ1v) is 8.44. The number of ether oxygens (including phenoxy) is 1. The van der Waals surface area contributed by atoms with Crippen molar-refractivity contribution in [2.75, 3.05) is 7.11 Å². The van der Waals surface area contributed by atoms with Gasteiger partial charge in [-0.05, 0) is 54.7 Å². The van der Waals surface area contributed by atoms with E-state index >= 15 is 0 Å². The van der Waals surface area contributed by atoms with Crippen LogP contribution in [0.3, 0.4) is 0 Å². The summed E-state index contributed by atoms with van der Waals surface area (Å²) in [5.74, 6) is 1.66. The second-order valence-electron chi connectivity index (χ2n) is 7.26. The van der Waals surface area contributed by atoms with E-state index in [1.54, 1.807) is 7.11 Å². The summed E-state index contributed by atoms with van der Waals surface area (Å²) in [5.41, 5.74) is 2.38. The average molecular weight is 302 g/mol. The molecule has 0 amide bonds. The first-order valence-electron chi connectivity index (χ1n) is 8.44. The number of hydrogen-bond donors (Lipinski definition) is 1. The molecule has 0 spiro atoms. The molecule has 1 aromatic carbocycles. The summed E-state index contributed by atoms with van der Waals surface area (Å²) in [6.07, 6.45) is 7.22. The summed E-state index contributed by atoms with van der Waals surface area (Å²) in [4.78, 5) is 11.1. The highest BCUT2D eigenvalue weighted by Gasteiger charge is 2.46. The Kier molecular flexibility index (Phi) is 4.16. The van der Waals surface area contributed by atoms with Gasteiger partial charge in [0.25, 0.3) is 0 Å². The predicted molar refractivity (Wildman–Crippen MR) is 86.5 cm³/mol. The Morgan fingerprint density at radius 1 is 1.27 bits per heavy atom. The molecule has 22 heavy (non-hydrogen) atoms. The van der Waals surface area contributed by atoms with Crippen molar-refractivity contribution in [3.05, 3.63) is 29.3 Å². The van der Waals surface area contributed by atoms with Gasteiger partial charge in [0, 0.05) is 5.41 Å². The Hall–Kier alpha value is -1.51. The van der Waals surface area contributed by atoms with Gasteiger partial charge in [0.05, 0.1) is 13.5 Å². The maximum absolute atomic E-state index is 11.1. The van der Waals surface area contributed by atoms with Gasteiger partial charge < -0.3 is 9.84 Å². The third-order valence-electron chi connectivity index (χ3n) is 5.64. The molecule has 2 saturated carbocycles. The molecule has 0 aliphatic heterocycles. The van der Waals surface area contributed by atoms with Crippen molar-refractivity contribution in [2.45, 2.75) is 63.2 Å². The maximum Gasteiger partial charge on any atom is 0.304 e. The maximum atomic E-state index is 11.1. The van der Waals surface area contributed by atoms with E-state index in [-0.39, 0.29) is 11.8 Å². The lowest BCUT2D eigenvalue weighted by atomic mass is 9.78. The minimum Gasteiger partial charge on any atom is -0.496 e. The monoisotopic (exact) mass is 302 g/mol. The number of aliphatic carboxylic acids is 1. The number of benzene rings is 1. The van der Waals surface area contributed by atoms with E-state index < -0.39 is 5.97 Å². The Morgan fingerprint density at radius 2 is 1.95 bits per heavy atom. The summed E-state index contributed by atoms with van der Waals surface area (Å²) in [6, 6.07) is 6.36. The van der Waals surface area contributed by atoms with Crippen molar-refractivity contribution in [2.24, 2.45) is 5.92 Å². The quantitative estimate of drug-likeness (QED) is 0.871. The van der Waals surface area contributed by atoms with Crippen LogP contribution in [0, 0.1) is 5.92 Å². The van der Waals surface area contributed by atoms with Crippen molar-refractivity contribution in [3.8, 4) is 5.75 Å². The van der Waals surface area contributed by atoms with Gasteiger partial charge in [-0.1, -0.05) is 31.9 Å². The largest absolute Gasteiger partial charge is 0.496 e. The van der Waals surface area contributed by atoms with Crippen molar-refractivity contribution >= 4 is 5.97 Å². The third kappa shape index (κ3) is 2.99. The summed E-state index contributed by atoms with van der Waals surface area (Å²) < 4.78 is 5.58. The molecular weight excluding hydrogens is 276 g/mol. The van der Waals surface area contributed by atoms with Crippen LogP contribution in [0.4, 0.5) is 0 Å². The van der Waals surface area contributed by atoms with Gasteiger partial charge in [0.15, 0.2) is 0 Å². The molecule has 1 aromatic rings. The van der Waals surface area contributed by atoms with Crippen molar-refractivity contribution in [3.63, 3.8) is 0 Å². The molecule has 2 aliphatic rings. The second kappa shape index (κ2) is 5.94. The van der Waals surface area contributed by atoms with Gasteiger partial charge in [0.1, 0.15) is 5.75 Å². The Bertz CT molecular complexity index is 552. The van der Waals surface area contributed by atoms with Crippen molar-refractivity contribution in [1.82, 2.24) is 0 Å². The van der Waals surface area contributed by atoms with E-state index in [9.17, 15) is 9.90 Å². The zero-order valence-electron chi connectivity index (χ0n) is 13.6. The number of hydrogen-bond acceptors (Lipinski definition) is 2.